The predicted octanol–water partition coefficient (Wildman–Crippen LogP) is 2.44. The van der Waals surface area contributed by atoms with Crippen molar-refractivity contribution in [2.75, 3.05) is 18.1 Å². The van der Waals surface area contributed by atoms with Gasteiger partial charge in [-0.2, -0.15) is 0 Å². The van der Waals surface area contributed by atoms with E-state index in [0.29, 0.717) is 12.8 Å². The first-order valence-electron chi connectivity index (χ1n) is 8.23. The van der Waals surface area contributed by atoms with E-state index in [-0.39, 0.29) is 34.0 Å². The van der Waals surface area contributed by atoms with Crippen LogP contribution in [-0.2, 0) is 14.6 Å². The molecule has 26 heavy (non-hydrogen) atoms. The molecule has 1 amide bonds. The first kappa shape index (κ1) is 20.4. The van der Waals surface area contributed by atoms with Gasteiger partial charge < -0.3 is 9.64 Å². The van der Waals surface area contributed by atoms with Gasteiger partial charge in [-0.1, -0.05) is 18.5 Å². The third-order valence-electron chi connectivity index (χ3n) is 4.42. The number of ether oxygens (including phenoxy) is 1. The number of nitro groups is 1. The van der Waals surface area contributed by atoms with Crippen LogP contribution in [0.1, 0.15) is 26.7 Å². The molecule has 0 saturated carbocycles. The molecule has 0 N–H and O–H groups in total. The van der Waals surface area contributed by atoms with E-state index < -0.39 is 33.3 Å². The normalized spacial score (nSPS) is 19.7. The number of carbonyl (C=O) groups excluding carboxylic acids is 1. The number of carbonyl (C=O) groups is 1. The fourth-order valence-corrected chi connectivity index (χ4v) is 4.85. The molecule has 1 aliphatic rings. The first-order chi connectivity index (χ1) is 12.1. The lowest BCUT2D eigenvalue weighted by molar-refractivity contribution is -0.385. The van der Waals surface area contributed by atoms with Crippen LogP contribution in [0.15, 0.2) is 18.2 Å². The van der Waals surface area contributed by atoms with Crippen molar-refractivity contribution in [3.63, 3.8) is 0 Å². The summed E-state index contributed by atoms with van der Waals surface area (Å²) >= 11 is 5.76. The average Bonchev–Trinajstić information content (AvgIpc) is 2.92. The van der Waals surface area contributed by atoms with Gasteiger partial charge >= 0.3 is 5.69 Å². The standard InChI is InChI=1S/C16H21ClN2O6S/c1-3-11(2)18(13-6-7-26(23,24)10-13)16(20)9-25-15-5-4-12(17)8-14(15)19(21)22/h4-5,8,11,13H,3,6-7,9-10H2,1-2H3/t11-,13+/m0/s1. The van der Waals surface area contributed by atoms with Crippen molar-refractivity contribution >= 4 is 33.0 Å². The molecule has 0 radical (unpaired) electrons. The lowest BCUT2D eigenvalue weighted by atomic mass is 10.1. The molecule has 0 aliphatic carbocycles. The summed E-state index contributed by atoms with van der Waals surface area (Å²) in [7, 11) is -3.14. The zero-order chi connectivity index (χ0) is 19.5. The summed E-state index contributed by atoms with van der Waals surface area (Å²) in [6.07, 6.45) is 1.04. The summed E-state index contributed by atoms with van der Waals surface area (Å²) in [6.45, 7) is 3.33. The molecule has 0 spiro atoms. The van der Waals surface area contributed by atoms with Gasteiger partial charge in [0.05, 0.1) is 16.4 Å². The van der Waals surface area contributed by atoms with E-state index >= 15 is 0 Å². The molecule has 0 unspecified atom stereocenters. The highest BCUT2D eigenvalue weighted by atomic mass is 35.5. The molecule has 144 valence electrons. The summed E-state index contributed by atoms with van der Waals surface area (Å²) in [4.78, 5) is 24.7. The van der Waals surface area contributed by atoms with E-state index in [1.807, 2.05) is 13.8 Å². The SMILES string of the molecule is CC[C@H](C)N(C(=O)COc1ccc(Cl)cc1[N+](=O)[O-])[C@@H]1CCS(=O)(=O)C1. The van der Waals surface area contributed by atoms with Gasteiger partial charge in [0.2, 0.25) is 0 Å². The minimum atomic E-state index is -3.14. The molecule has 0 aromatic heterocycles. The minimum absolute atomic E-state index is 0.0569. The molecule has 1 saturated heterocycles. The molecule has 2 atom stereocenters. The number of benzene rings is 1. The van der Waals surface area contributed by atoms with Gasteiger partial charge in [0.25, 0.3) is 5.91 Å². The largest absolute Gasteiger partial charge is 0.477 e. The average molecular weight is 405 g/mol. The topological polar surface area (TPSA) is 107 Å². The van der Waals surface area contributed by atoms with E-state index in [1.54, 1.807) is 0 Å². The number of rotatable bonds is 7. The van der Waals surface area contributed by atoms with E-state index in [1.165, 1.54) is 17.0 Å². The van der Waals surface area contributed by atoms with Crippen LogP contribution in [0.2, 0.25) is 5.02 Å². The van der Waals surface area contributed by atoms with Gasteiger partial charge in [-0.3, -0.25) is 14.9 Å². The molecular weight excluding hydrogens is 384 g/mol. The summed E-state index contributed by atoms with van der Waals surface area (Å²) in [5, 5.41) is 11.3. The van der Waals surface area contributed by atoms with Crippen LogP contribution in [0, 0.1) is 10.1 Å². The lowest BCUT2D eigenvalue weighted by Crippen LogP contribution is -2.48. The number of halogens is 1. The van der Waals surface area contributed by atoms with Crippen LogP contribution < -0.4 is 4.74 Å². The van der Waals surface area contributed by atoms with Gasteiger partial charge in [-0.15, -0.1) is 0 Å². The molecular formula is C16H21ClN2O6S. The highest BCUT2D eigenvalue weighted by Crippen LogP contribution is 2.30. The molecule has 1 fully saturated rings. The summed E-state index contributed by atoms with van der Waals surface area (Å²) in [6, 6.07) is 3.36. The molecule has 2 rings (SSSR count). The number of sulfone groups is 1. The maximum atomic E-state index is 12.7. The number of nitro benzene ring substituents is 1. The van der Waals surface area contributed by atoms with Crippen molar-refractivity contribution in [3.8, 4) is 5.75 Å². The van der Waals surface area contributed by atoms with E-state index in [4.69, 9.17) is 16.3 Å². The maximum Gasteiger partial charge on any atom is 0.312 e. The zero-order valence-electron chi connectivity index (χ0n) is 14.6. The Balaban J connectivity index is 2.14. The van der Waals surface area contributed by atoms with Crippen LogP contribution in [0.3, 0.4) is 0 Å². The van der Waals surface area contributed by atoms with Gasteiger partial charge in [-0.05, 0) is 31.9 Å². The molecule has 0 bridgehead atoms. The van der Waals surface area contributed by atoms with Crippen molar-refractivity contribution < 1.29 is 22.9 Å². The van der Waals surface area contributed by atoms with Crippen LogP contribution in [0.4, 0.5) is 5.69 Å². The number of nitrogens with zero attached hydrogens (tertiary/aromatic N) is 2. The summed E-state index contributed by atoms with van der Waals surface area (Å²) in [5.74, 6) is -0.465. The lowest BCUT2D eigenvalue weighted by Gasteiger charge is -2.33. The molecule has 1 aliphatic heterocycles. The van der Waals surface area contributed by atoms with Crippen molar-refractivity contribution in [1.82, 2.24) is 4.90 Å². The van der Waals surface area contributed by atoms with Gasteiger partial charge in [0.15, 0.2) is 22.2 Å². The van der Waals surface area contributed by atoms with E-state index in [2.05, 4.69) is 0 Å². The molecule has 1 aromatic rings. The third kappa shape index (κ3) is 4.85. The van der Waals surface area contributed by atoms with Crippen molar-refractivity contribution in [2.24, 2.45) is 0 Å². The van der Waals surface area contributed by atoms with Crippen LogP contribution in [0.25, 0.3) is 0 Å². The number of hydrogen-bond acceptors (Lipinski definition) is 6. The Morgan fingerprint density at radius 1 is 1.50 bits per heavy atom. The second-order valence-corrected chi connectivity index (χ2v) is 8.94. The van der Waals surface area contributed by atoms with Gasteiger partial charge in [0, 0.05) is 23.2 Å². The Kier molecular flexibility index (Phi) is 6.46. The van der Waals surface area contributed by atoms with Gasteiger partial charge in [0.1, 0.15) is 0 Å². The Hall–Kier alpha value is -1.87. The summed E-state index contributed by atoms with van der Waals surface area (Å²) < 4.78 is 28.9. The molecule has 1 aromatic carbocycles. The quantitative estimate of drug-likeness (QED) is 0.510. The maximum absolute atomic E-state index is 12.7. The first-order valence-corrected chi connectivity index (χ1v) is 10.4. The van der Waals surface area contributed by atoms with E-state index in [0.717, 1.165) is 6.07 Å². The van der Waals surface area contributed by atoms with Crippen LogP contribution in [-0.4, -0.2) is 54.3 Å². The highest BCUT2D eigenvalue weighted by molar-refractivity contribution is 7.91. The number of hydrogen-bond donors (Lipinski definition) is 0. The summed E-state index contributed by atoms with van der Waals surface area (Å²) in [5.41, 5.74) is -0.330. The zero-order valence-corrected chi connectivity index (χ0v) is 16.1. The predicted molar refractivity (Wildman–Crippen MR) is 97.3 cm³/mol. The number of amides is 1. The second kappa shape index (κ2) is 8.22. The van der Waals surface area contributed by atoms with Crippen molar-refractivity contribution in [1.29, 1.82) is 0 Å². The van der Waals surface area contributed by atoms with Crippen molar-refractivity contribution in [2.45, 2.75) is 38.8 Å². The minimum Gasteiger partial charge on any atom is -0.477 e. The van der Waals surface area contributed by atoms with Crippen LogP contribution in [0.5, 0.6) is 5.75 Å². The molecule has 10 heteroatoms. The smallest absolute Gasteiger partial charge is 0.312 e. The fourth-order valence-electron chi connectivity index (χ4n) is 2.97. The monoisotopic (exact) mass is 404 g/mol. The van der Waals surface area contributed by atoms with E-state index in [9.17, 15) is 23.3 Å². The van der Waals surface area contributed by atoms with Crippen LogP contribution >= 0.6 is 11.6 Å². The Morgan fingerprint density at radius 3 is 2.73 bits per heavy atom. The Labute approximate surface area is 157 Å². The van der Waals surface area contributed by atoms with Crippen molar-refractivity contribution in [3.05, 3.63) is 33.3 Å². The molecule has 1 heterocycles. The Morgan fingerprint density at radius 2 is 2.19 bits per heavy atom. The molecule has 8 nitrogen and oxygen atoms in total. The van der Waals surface area contributed by atoms with Gasteiger partial charge in [-0.25, -0.2) is 8.42 Å². The fraction of sp³-hybridized carbons (Fsp3) is 0.562. The second-order valence-electron chi connectivity index (χ2n) is 6.27. The Bertz CT molecular complexity index is 798. The third-order valence-corrected chi connectivity index (χ3v) is 6.41. The highest BCUT2D eigenvalue weighted by Gasteiger charge is 2.36.